The van der Waals surface area contributed by atoms with E-state index in [0.717, 1.165) is 48.8 Å². The van der Waals surface area contributed by atoms with E-state index in [-0.39, 0.29) is 11.8 Å². The summed E-state index contributed by atoms with van der Waals surface area (Å²) < 4.78 is 5.54. The summed E-state index contributed by atoms with van der Waals surface area (Å²) in [5.41, 5.74) is 4.98. The van der Waals surface area contributed by atoms with Gasteiger partial charge in [-0.15, -0.1) is 11.3 Å². The molecular formula is C21H24N6O2S. The van der Waals surface area contributed by atoms with Crippen LogP contribution in [0, 0.1) is 6.92 Å². The van der Waals surface area contributed by atoms with Gasteiger partial charge in [-0.1, -0.05) is 5.16 Å². The molecule has 0 spiro atoms. The number of hydrogen-bond acceptors (Lipinski definition) is 8. The van der Waals surface area contributed by atoms with Crippen LogP contribution >= 0.6 is 11.3 Å². The Morgan fingerprint density at radius 3 is 2.63 bits per heavy atom. The highest BCUT2D eigenvalue weighted by molar-refractivity contribution is 7.07. The molecule has 1 amide bonds. The zero-order valence-corrected chi connectivity index (χ0v) is 17.8. The molecule has 0 aliphatic carbocycles. The van der Waals surface area contributed by atoms with Crippen LogP contribution < -0.4 is 4.90 Å². The minimum atomic E-state index is 0.0150. The molecule has 5 rings (SSSR count). The SMILES string of the molecule is Cc1cc(-c2cnc(N3CCCC3)nc2C2CCN(C(=O)c3cscn3)CC2)on1. The van der Waals surface area contributed by atoms with Gasteiger partial charge >= 0.3 is 0 Å². The van der Waals surface area contributed by atoms with E-state index < -0.39 is 0 Å². The number of carbonyl (C=O) groups excluding carboxylic acids is 1. The van der Waals surface area contributed by atoms with Gasteiger partial charge in [0.05, 0.1) is 22.5 Å². The Labute approximate surface area is 178 Å². The number of rotatable bonds is 4. The lowest BCUT2D eigenvalue weighted by atomic mass is 9.90. The monoisotopic (exact) mass is 424 g/mol. The van der Waals surface area contributed by atoms with E-state index in [1.54, 1.807) is 5.51 Å². The molecule has 2 fully saturated rings. The lowest BCUT2D eigenvalue weighted by molar-refractivity contribution is 0.0707. The molecule has 0 aromatic carbocycles. The first-order chi connectivity index (χ1) is 14.7. The van der Waals surface area contributed by atoms with Gasteiger partial charge in [0.2, 0.25) is 5.95 Å². The highest BCUT2D eigenvalue weighted by Crippen LogP contribution is 2.35. The molecule has 5 heterocycles. The van der Waals surface area contributed by atoms with Crippen molar-refractivity contribution in [3.05, 3.63) is 40.2 Å². The zero-order chi connectivity index (χ0) is 20.5. The second-order valence-electron chi connectivity index (χ2n) is 7.94. The molecule has 0 radical (unpaired) electrons. The van der Waals surface area contributed by atoms with Crippen LogP contribution in [0.2, 0.25) is 0 Å². The first kappa shape index (κ1) is 19.2. The van der Waals surface area contributed by atoms with E-state index in [2.05, 4.69) is 20.0 Å². The van der Waals surface area contributed by atoms with E-state index in [1.807, 2.05) is 29.5 Å². The molecule has 2 aliphatic rings. The Morgan fingerprint density at radius 1 is 1.17 bits per heavy atom. The van der Waals surface area contributed by atoms with E-state index in [1.165, 1.54) is 24.2 Å². The summed E-state index contributed by atoms with van der Waals surface area (Å²) in [6.07, 6.45) is 5.94. The Hall–Kier alpha value is -2.81. The number of carbonyl (C=O) groups is 1. The number of piperidine rings is 1. The molecular weight excluding hydrogens is 400 g/mol. The minimum absolute atomic E-state index is 0.0150. The summed E-state index contributed by atoms with van der Waals surface area (Å²) in [4.78, 5) is 30.6. The molecule has 9 heteroatoms. The molecule has 0 unspecified atom stereocenters. The largest absolute Gasteiger partial charge is 0.356 e. The van der Waals surface area contributed by atoms with Crippen molar-refractivity contribution in [3.63, 3.8) is 0 Å². The standard InChI is InChI=1S/C21H24N6O2S/c1-14-10-18(29-25-14)16-11-22-21(27-6-2-3-7-27)24-19(16)15-4-8-26(9-5-15)20(28)17-12-30-13-23-17/h10-13,15H,2-9H2,1H3. The average molecular weight is 425 g/mol. The third kappa shape index (κ3) is 3.69. The Balaban J connectivity index is 1.40. The van der Waals surface area contributed by atoms with Crippen LogP contribution in [0.5, 0.6) is 0 Å². The number of aryl methyl sites for hydroxylation is 1. The topological polar surface area (TPSA) is 88.3 Å². The molecule has 0 bridgehead atoms. The predicted octanol–water partition coefficient (Wildman–Crippen LogP) is 3.52. The van der Waals surface area contributed by atoms with Gasteiger partial charge in [-0.3, -0.25) is 4.79 Å². The maximum absolute atomic E-state index is 12.6. The van der Waals surface area contributed by atoms with Crippen LogP contribution in [0.1, 0.15) is 53.5 Å². The van der Waals surface area contributed by atoms with Crippen LogP contribution in [-0.4, -0.2) is 57.1 Å². The van der Waals surface area contributed by atoms with Gasteiger partial charge in [-0.25, -0.2) is 15.0 Å². The normalized spacial score (nSPS) is 17.6. The Morgan fingerprint density at radius 2 is 1.97 bits per heavy atom. The lowest BCUT2D eigenvalue weighted by Crippen LogP contribution is -2.38. The highest BCUT2D eigenvalue weighted by atomic mass is 32.1. The number of hydrogen-bond donors (Lipinski definition) is 0. The number of anilines is 1. The van der Waals surface area contributed by atoms with Crippen LogP contribution in [0.4, 0.5) is 5.95 Å². The Kier molecular flexibility index (Phi) is 5.20. The lowest BCUT2D eigenvalue weighted by Gasteiger charge is -2.32. The maximum atomic E-state index is 12.6. The summed E-state index contributed by atoms with van der Waals surface area (Å²) in [6, 6.07) is 1.93. The second-order valence-corrected chi connectivity index (χ2v) is 8.65. The number of aromatic nitrogens is 4. The van der Waals surface area contributed by atoms with Crippen LogP contribution in [-0.2, 0) is 0 Å². The van der Waals surface area contributed by atoms with E-state index in [9.17, 15) is 4.79 Å². The van der Waals surface area contributed by atoms with E-state index in [4.69, 9.17) is 9.51 Å². The van der Waals surface area contributed by atoms with Gasteiger partial charge < -0.3 is 14.3 Å². The van der Waals surface area contributed by atoms with Crippen molar-refractivity contribution in [2.24, 2.45) is 0 Å². The summed E-state index contributed by atoms with van der Waals surface area (Å²) in [6.45, 7) is 5.30. The van der Waals surface area contributed by atoms with Crippen molar-refractivity contribution in [2.75, 3.05) is 31.1 Å². The third-order valence-corrected chi connectivity index (χ3v) is 6.49. The number of likely N-dealkylation sites (tertiary alicyclic amines) is 1. The van der Waals surface area contributed by atoms with Gasteiger partial charge in [0, 0.05) is 49.7 Å². The summed E-state index contributed by atoms with van der Waals surface area (Å²) in [5, 5.41) is 5.85. The highest BCUT2D eigenvalue weighted by Gasteiger charge is 2.30. The van der Waals surface area contributed by atoms with Crippen molar-refractivity contribution in [2.45, 2.75) is 38.5 Å². The van der Waals surface area contributed by atoms with Crippen molar-refractivity contribution < 1.29 is 9.32 Å². The average Bonchev–Trinajstić information content (AvgIpc) is 3.56. The predicted molar refractivity (Wildman–Crippen MR) is 114 cm³/mol. The van der Waals surface area contributed by atoms with Gasteiger partial charge in [-0.05, 0) is 32.6 Å². The fourth-order valence-corrected chi connectivity index (χ4v) is 4.81. The molecule has 0 atom stereocenters. The molecule has 3 aromatic heterocycles. The molecule has 156 valence electrons. The maximum Gasteiger partial charge on any atom is 0.273 e. The van der Waals surface area contributed by atoms with Crippen molar-refractivity contribution in [1.82, 2.24) is 25.0 Å². The van der Waals surface area contributed by atoms with Crippen molar-refractivity contribution in [1.29, 1.82) is 0 Å². The number of nitrogens with zero attached hydrogens (tertiary/aromatic N) is 6. The van der Waals surface area contributed by atoms with Crippen LogP contribution in [0.15, 0.2) is 27.7 Å². The molecule has 2 saturated heterocycles. The van der Waals surface area contributed by atoms with Gasteiger partial charge in [-0.2, -0.15) is 0 Å². The third-order valence-electron chi connectivity index (χ3n) is 5.91. The zero-order valence-electron chi connectivity index (χ0n) is 17.0. The van der Waals surface area contributed by atoms with Crippen LogP contribution in [0.3, 0.4) is 0 Å². The van der Waals surface area contributed by atoms with Crippen molar-refractivity contribution in [3.8, 4) is 11.3 Å². The molecule has 0 N–H and O–H groups in total. The summed E-state index contributed by atoms with van der Waals surface area (Å²) >= 11 is 1.45. The van der Waals surface area contributed by atoms with Crippen LogP contribution in [0.25, 0.3) is 11.3 Å². The van der Waals surface area contributed by atoms with E-state index >= 15 is 0 Å². The van der Waals surface area contributed by atoms with E-state index in [0.29, 0.717) is 24.5 Å². The smallest absolute Gasteiger partial charge is 0.273 e. The fourth-order valence-electron chi connectivity index (χ4n) is 4.28. The van der Waals surface area contributed by atoms with Gasteiger partial charge in [0.25, 0.3) is 5.91 Å². The second kappa shape index (κ2) is 8.14. The summed E-state index contributed by atoms with van der Waals surface area (Å²) in [7, 11) is 0. The molecule has 0 saturated carbocycles. The minimum Gasteiger partial charge on any atom is -0.356 e. The first-order valence-corrected chi connectivity index (χ1v) is 11.4. The molecule has 8 nitrogen and oxygen atoms in total. The Bertz CT molecular complexity index is 1020. The van der Waals surface area contributed by atoms with Gasteiger partial charge in [0.1, 0.15) is 5.69 Å². The molecule has 3 aromatic rings. The molecule has 2 aliphatic heterocycles. The first-order valence-electron chi connectivity index (χ1n) is 10.4. The van der Waals surface area contributed by atoms with Crippen molar-refractivity contribution >= 4 is 23.2 Å². The van der Waals surface area contributed by atoms with Gasteiger partial charge in [0.15, 0.2) is 5.76 Å². The fraction of sp³-hybridized carbons (Fsp3) is 0.476. The quantitative estimate of drug-likeness (QED) is 0.633. The number of amides is 1. The molecule has 30 heavy (non-hydrogen) atoms. The summed E-state index contributed by atoms with van der Waals surface area (Å²) in [5.74, 6) is 1.76. The number of thiazole rings is 1.